The molecule has 3 aliphatic heterocycles. The molecule has 35 heavy (non-hydrogen) atoms. The molecule has 2 bridgehead atoms. The van der Waals surface area contributed by atoms with Gasteiger partial charge in [-0.3, -0.25) is 14.5 Å². The maximum atomic E-state index is 13.9. The zero-order valence-corrected chi connectivity index (χ0v) is 20.3. The minimum Gasteiger partial charge on any atom is -0.326 e. The van der Waals surface area contributed by atoms with Crippen molar-refractivity contribution in [3.8, 4) is 6.07 Å². The minimum atomic E-state index is -0.299. The van der Waals surface area contributed by atoms with Crippen molar-refractivity contribution in [3.63, 3.8) is 0 Å². The third-order valence-electron chi connectivity index (χ3n) is 8.57. The van der Waals surface area contributed by atoms with Crippen LogP contribution < -0.4 is 0 Å². The standard InChI is InChI=1S/C29H32N4O2/c1-19(28(34)32-14-6-9-22(32)16-30)17-31-18-23-15-26(31)29(35)33(23)27-24-10-4-2-7-20(24)12-13-21-8-3-5-11-25(21)27/h2-5,7-8,10-11,19,22-23,26-27H,6,9,12-15,17-18H2,1H3/t19-,22-,23+,26+/m0/s1. The number of piperazine rings is 1. The van der Waals surface area contributed by atoms with Gasteiger partial charge in [-0.15, -0.1) is 0 Å². The Labute approximate surface area is 207 Å². The molecule has 180 valence electrons. The first kappa shape index (κ1) is 22.3. The van der Waals surface area contributed by atoms with Gasteiger partial charge in [-0.05, 0) is 54.4 Å². The lowest BCUT2D eigenvalue weighted by Gasteiger charge is -2.40. The van der Waals surface area contributed by atoms with Gasteiger partial charge in [0, 0.05) is 31.6 Å². The van der Waals surface area contributed by atoms with Crippen LogP contribution in [0.4, 0.5) is 0 Å². The molecule has 2 aromatic rings. The van der Waals surface area contributed by atoms with Gasteiger partial charge >= 0.3 is 0 Å². The fraction of sp³-hybridized carbons (Fsp3) is 0.483. The van der Waals surface area contributed by atoms with Crippen molar-refractivity contribution in [2.75, 3.05) is 19.6 Å². The van der Waals surface area contributed by atoms with Crippen LogP contribution in [0.3, 0.4) is 0 Å². The van der Waals surface area contributed by atoms with E-state index in [0.717, 1.165) is 38.6 Å². The third-order valence-corrected chi connectivity index (χ3v) is 8.57. The van der Waals surface area contributed by atoms with Crippen molar-refractivity contribution in [3.05, 3.63) is 70.8 Å². The maximum Gasteiger partial charge on any atom is 0.241 e. The second kappa shape index (κ2) is 8.80. The summed E-state index contributed by atoms with van der Waals surface area (Å²) >= 11 is 0. The average molecular weight is 469 g/mol. The first-order valence-electron chi connectivity index (χ1n) is 13.0. The second-order valence-corrected chi connectivity index (χ2v) is 10.6. The highest BCUT2D eigenvalue weighted by Crippen LogP contribution is 2.44. The molecule has 0 N–H and O–H groups in total. The number of hydrogen-bond donors (Lipinski definition) is 0. The van der Waals surface area contributed by atoms with Gasteiger partial charge < -0.3 is 9.80 Å². The van der Waals surface area contributed by atoms with Crippen LogP contribution in [0.1, 0.15) is 54.5 Å². The Morgan fingerprint density at radius 3 is 2.37 bits per heavy atom. The van der Waals surface area contributed by atoms with E-state index >= 15 is 0 Å². The fourth-order valence-corrected chi connectivity index (χ4v) is 6.90. The van der Waals surface area contributed by atoms with Crippen molar-refractivity contribution in [1.29, 1.82) is 5.26 Å². The lowest BCUT2D eigenvalue weighted by Crippen LogP contribution is -2.53. The third kappa shape index (κ3) is 3.65. The summed E-state index contributed by atoms with van der Waals surface area (Å²) in [6.07, 6.45) is 4.46. The molecule has 4 aliphatic rings. The van der Waals surface area contributed by atoms with E-state index in [4.69, 9.17) is 0 Å². The van der Waals surface area contributed by atoms with Crippen molar-refractivity contribution in [2.24, 2.45) is 5.92 Å². The summed E-state index contributed by atoms with van der Waals surface area (Å²) in [6.45, 7) is 3.99. The Morgan fingerprint density at radius 2 is 1.74 bits per heavy atom. The van der Waals surface area contributed by atoms with Crippen LogP contribution in [0.5, 0.6) is 0 Å². The Kier molecular flexibility index (Phi) is 5.61. The highest BCUT2D eigenvalue weighted by molar-refractivity contribution is 5.87. The first-order valence-corrected chi connectivity index (χ1v) is 13.0. The molecule has 0 radical (unpaired) electrons. The molecule has 3 heterocycles. The molecule has 4 atom stereocenters. The number of amides is 2. The van der Waals surface area contributed by atoms with Crippen molar-refractivity contribution in [2.45, 2.75) is 63.2 Å². The smallest absolute Gasteiger partial charge is 0.241 e. The average Bonchev–Trinajstić information content (AvgIpc) is 3.56. The molecule has 0 spiro atoms. The highest BCUT2D eigenvalue weighted by Gasteiger charge is 2.53. The van der Waals surface area contributed by atoms with E-state index in [1.807, 2.05) is 6.92 Å². The summed E-state index contributed by atoms with van der Waals surface area (Å²) in [5.41, 5.74) is 5.17. The van der Waals surface area contributed by atoms with E-state index in [0.29, 0.717) is 13.1 Å². The predicted octanol–water partition coefficient (Wildman–Crippen LogP) is 3.31. The number of rotatable bonds is 4. The number of likely N-dealkylation sites (tertiary alicyclic amines) is 3. The van der Waals surface area contributed by atoms with E-state index in [1.54, 1.807) is 4.90 Å². The van der Waals surface area contributed by atoms with Crippen molar-refractivity contribution in [1.82, 2.24) is 14.7 Å². The Morgan fingerprint density at radius 1 is 1.09 bits per heavy atom. The Hall–Kier alpha value is -3.17. The summed E-state index contributed by atoms with van der Waals surface area (Å²) in [6, 6.07) is 19.1. The van der Waals surface area contributed by atoms with Crippen molar-refractivity contribution >= 4 is 11.8 Å². The molecule has 1 aliphatic carbocycles. The zero-order chi connectivity index (χ0) is 24.1. The van der Waals surface area contributed by atoms with Crippen LogP contribution in [0.15, 0.2) is 48.5 Å². The Bertz CT molecular complexity index is 1160. The number of benzene rings is 2. The molecule has 0 aromatic heterocycles. The second-order valence-electron chi connectivity index (χ2n) is 10.6. The number of hydrogen-bond acceptors (Lipinski definition) is 4. The van der Waals surface area contributed by atoms with Gasteiger partial charge in [0.25, 0.3) is 0 Å². The van der Waals surface area contributed by atoms with Gasteiger partial charge in [0.05, 0.1) is 18.2 Å². The lowest BCUT2D eigenvalue weighted by atomic mass is 9.92. The molecule has 2 aromatic carbocycles. The SMILES string of the molecule is C[C@@H](CN1C[C@H]2C[C@@H]1C(=O)N2C1c2ccccc2CCc2ccccc21)C(=O)N1CCC[C@H]1C#N. The van der Waals surface area contributed by atoms with E-state index in [2.05, 4.69) is 64.4 Å². The fourth-order valence-electron chi connectivity index (χ4n) is 6.90. The van der Waals surface area contributed by atoms with E-state index in [9.17, 15) is 14.9 Å². The quantitative estimate of drug-likeness (QED) is 0.691. The molecule has 3 saturated heterocycles. The monoisotopic (exact) mass is 468 g/mol. The van der Waals surface area contributed by atoms with Crippen LogP contribution >= 0.6 is 0 Å². The molecule has 3 fully saturated rings. The number of carbonyl (C=O) groups is 2. The molecule has 6 nitrogen and oxygen atoms in total. The normalized spacial score (nSPS) is 26.9. The van der Waals surface area contributed by atoms with Gasteiger partial charge in [0.15, 0.2) is 0 Å². The van der Waals surface area contributed by atoms with Gasteiger partial charge in [-0.25, -0.2) is 0 Å². The highest BCUT2D eigenvalue weighted by atomic mass is 16.2. The largest absolute Gasteiger partial charge is 0.326 e. The maximum absolute atomic E-state index is 13.9. The van der Waals surface area contributed by atoms with Gasteiger partial charge in [0.1, 0.15) is 6.04 Å². The summed E-state index contributed by atoms with van der Waals surface area (Å²) in [5.74, 6) is 0.0186. The minimum absolute atomic E-state index is 0.0467. The number of nitriles is 1. The van der Waals surface area contributed by atoms with Gasteiger partial charge in [0.2, 0.25) is 11.8 Å². The van der Waals surface area contributed by atoms with E-state index in [-0.39, 0.29) is 41.9 Å². The van der Waals surface area contributed by atoms with Gasteiger partial charge in [-0.2, -0.15) is 5.26 Å². The molecule has 0 saturated carbocycles. The first-order chi connectivity index (χ1) is 17.1. The zero-order valence-electron chi connectivity index (χ0n) is 20.3. The predicted molar refractivity (Wildman–Crippen MR) is 132 cm³/mol. The molecule has 0 unspecified atom stereocenters. The summed E-state index contributed by atoms with van der Waals surface area (Å²) < 4.78 is 0. The molecular weight excluding hydrogens is 436 g/mol. The molecule has 6 heteroatoms. The van der Waals surface area contributed by atoms with E-state index < -0.39 is 0 Å². The summed E-state index contributed by atoms with van der Waals surface area (Å²) in [7, 11) is 0. The van der Waals surface area contributed by atoms with Crippen LogP contribution in [-0.2, 0) is 22.4 Å². The number of fused-ring (bicyclic) bond motifs is 4. The van der Waals surface area contributed by atoms with E-state index in [1.165, 1.54) is 22.3 Å². The number of aryl methyl sites for hydroxylation is 2. The van der Waals surface area contributed by atoms with Gasteiger partial charge in [-0.1, -0.05) is 55.5 Å². The summed E-state index contributed by atoms with van der Waals surface area (Å²) in [4.78, 5) is 33.0. The van der Waals surface area contributed by atoms with Crippen molar-refractivity contribution < 1.29 is 9.59 Å². The molecular formula is C29H32N4O2. The molecule has 6 rings (SSSR count). The number of nitrogens with zero attached hydrogens (tertiary/aromatic N) is 4. The summed E-state index contributed by atoms with van der Waals surface area (Å²) in [5, 5.41) is 9.38. The lowest BCUT2D eigenvalue weighted by molar-refractivity contribution is -0.141. The van der Waals surface area contributed by atoms with Crippen LogP contribution in [0.25, 0.3) is 0 Å². The number of carbonyl (C=O) groups excluding carboxylic acids is 2. The van der Waals surface area contributed by atoms with Crippen LogP contribution in [-0.4, -0.2) is 64.3 Å². The van der Waals surface area contributed by atoms with Crippen LogP contribution in [0.2, 0.25) is 0 Å². The topological polar surface area (TPSA) is 67.7 Å². The molecule has 2 amide bonds. The van der Waals surface area contributed by atoms with Crippen LogP contribution in [0, 0.1) is 17.2 Å². The Balaban J connectivity index is 1.24.